The Bertz CT molecular complexity index is 668. The number of nitrogens with one attached hydrogen (secondary N) is 2. The van der Waals surface area contributed by atoms with E-state index in [1.165, 1.54) is 11.3 Å². The molecule has 5 nitrogen and oxygen atoms in total. The topological polar surface area (TPSA) is 67.4 Å². The van der Waals surface area contributed by atoms with E-state index < -0.39 is 6.04 Å². The van der Waals surface area contributed by atoms with Gasteiger partial charge in [-0.2, -0.15) is 0 Å². The van der Waals surface area contributed by atoms with E-state index in [-0.39, 0.29) is 11.8 Å². The van der Waals surface area contributed by atoms with Crippen molar-refractivity contribution in [3.8, 4) is 5.75 Å². The average molecular weight is 318 g/mol. The maximum absolute atomic E-state index is 12.2. The summed E-state index contributed by atoms with van der Waals surface area (Å²) < 4.78 is 5.22. The molecule has 0 unspecified atom stereocenters. The molecule has 2 N–H and O–H groups in total. The lowest BCUT2D eigenvalue weighted by Crippen LogP contribution is -2.41. The quantitative estimate of drug-likeness (QED) is 0.891. The summed E-state index contributed by atoms with van der Waals surface area (Å²) in [6.45, 7) is 3.57. The highest BCUT2D eigenvalue weighted by Gasteiger charge is 2.18. The molecule has 2 rings (SSSR count). The number of aryl methyl sites for hydroxylation is 1. The first-order valence-electron chi connectivity index (χ1n) is 6.81. The highest BCUT2D eigenvalue weighted by Crippen LogP contribution is 2.25. The van der Waals surface area contributed by atoms with Crippen LogP contribution in [-0.2, 0) is 4.79 Å². The Kier molecular flexibility index (Phi) is 5.16. The third-order valence-electron chi connectivity index (χ3n) is 3.10. The van der Waals surface area contributed by atoms with E-state index in [0.717, 1.165) is 5.56 Å². The number of methoxy groups -OCH3 is 1. The monoisotopic (exact) mass is 318 g/mol. The van der Waals surface area contributed by atoms with Gasteiger partial charge in [0, 0.05) is 0 Å². The fourth-order valence-corrected chi connectivity index (χ4v) is 2.53. The second-order valence-electron chi connectivity index (χ2n) is 4.87. The van der Waals surface area contributed by atoms with Crippen LogP contribution in [0.4, 0.5) is 5.69 Å². The molecule has 0 saturated heterocycles. The van der Waals surface area contributed by atoms with Crippen LogP contribution in [0.5, 0.6) is 5.75 Å². The highest BCUT2D eigenvalue weighted by atomic mass is 32.1. The number of anilines is 1. The molecule has 0 aliphatic heterocycles. The Morgan fingerprint density at radius 3 is 2.68 bits per heavy atom. The Morgan fingerprint density at radius 1 is 1.27 bits per heavy atom. The first-order valence-corrected chi connectivity index (χ1v) is 7.69. The molecule has 0 aliphatic rings. The molecule has 1 atom stereocenters. The van der Waals surface area contributed by atoms with Crippen molar-refractivity contribution in [2.45, 2.75) is 19.9 Å². The minimum absolute atomic E-state index is 0.256. The van der Waals surface area contributed by atoms with Crippen LogP contribution in [0, 0.1) is 6.92 Å². The van der Waals surface area contributed by atoms with Crippen LogP contribution in [0.2, 0.25) is 0 Å². The number of benzene rings is 1. The van der Waals surface area contributed by atoms with Crippen molar-refractivity contribution < 1.29 is 14.3 Å². The summed E-state index contributed by atoms with van der Waals surface area (Å²) in [6, 6.07) is 8.37. The van der Waals surface area contributed by atoms with E-state index in [4.69, 9.17) is 4.74 Å². The van der Waals surface area contributed by atoms with Gasteiger partial charge < -0.3 is 15.4 Å². The first kappa shape index (κ1) is 16.0. The van der Waals surface area contributed by atoms with Crippen molar-refractivity contribution >= 4 is 28.8 Å². The summed E-state index contributed by atoms with van der Waals surface area (Å²) in [4.78, 5) is 24.7. The van der Waals surface area contributed by atoms with Gasteiger partial charge in [0.25, 0.3) is 5.91 Å². The lowest BCUT2D eigenvalue weighted by Gasteiger charge is -2.15. The van der Waals surface area contributed by atoms with Gasteiger partial charge in [0.15, 0.2) is 0 Å². The normalized spacial score (nSPS) is 11.6. The molecule has 0 bridgehead atoms. The number of rotatable bonds is 5. The molecular weight excluding hydrogens is 300 g/mol. The van der Waals surface area contributed by atoms with Gasteiger partial charge >= 0.3 is 0 Å². The van der Waals surface area contributed by atoms with Gasteiger partial charge in [0.05, 0.1) is 17.7 Å². The molecule has 0 radical (unpaired) electrons. The number of amides is 2. The van der Waals surface area contributed by atoms with Crippen molar-refractivity contribution in [1.82, 2.24) is 5.32 Å². The molecule has 1 aromatic carbocycles. The van der Waals surface area contributed by atoms with Crippen LogP contribution < -0.4 is 15.4 Å². The Hall–Kier alpha value is -2.34. The van der Waals surface area contributed by atoms with Crippen LogP contribution in [0.1, 0.15) is 22.2 Å². The number of thiophene rings is 1. The predicted molar refractivity (Wildman–Crippen MR) is 87.6 cm³/mol. The number of carbonyl (C=O) groups is 2. The van der Waals surface area contributed by atoms with Crippen molar-refractivity contribution in [3.63, 3.8) is 0 Å². The molecule has 6 heteroatoms. The van der Waals surface area contributed by atoms with E-state index in [9.17, 15) is 9.59 Å². The molecule has 22 heavy (non-hydrogen) atoms. The Balaban J connectivity index is 2.02. The van der Waals surface area contributed by atoms with E-state index >= 15 is 0 Å². The number of carbonyl (C=O) groups excluding carboxylic acids is 2. The van der Waals surface area contributed by atoms with Gasteiger partial charge in [-0.3, -0.25) is 9.59 Å². The number of ether oxygens (including phenoxy) is 1. The smallest absolute Gasteiger partial charge is 0.261 e. The zero-order valence-corrected chi connectivity index (χ0v) is 13.5. The molecule has 2 aromatic rings. The molecular formula is C16H18N2O3S. The van der Waals surface area contributed by atoms with Gasteiger partial charge in [0.1, 0.15) is 11.8 Å². The third-order valence-corrected chi connectivity index (χ3v) is 3.97. The van der Waals surface area contributed by atoms with Gasteiger partial charge in [0.2, 0.25) is 5.91 Å². The highest BCUT2D eigenvalue weighted by molar-refractivity contribution is 7.12. The van der Waals surface area contributed by atoms with E-state index in [2.05, 4.69) is 10.6 Å². The van der Waals surface area contributed by atoms with Crippen LogP contribution in [0.15, 0.2) is 35.7 Å². The van der Waals surface area contributed by atoms with E-state index in [1.807, 2.05) is 24.4 Å². The van der Waals surface area contributed by atoms with Gasteiger partial charge in [-0.25, -0.2) is 0 Å². The summed E-state index contributed by atoms with van der Waals surface area (Å²) in [7, 11) is 1.54. The summed E-state index contributed by atoms with van der Waals surface area (Å²) in [5.41, 5.74) is 1.59. The van der Waals surface area contributed by atoms with Gasteiger partial charge in [-0.15, -0.1) is 11.3 Å². The van der Waals surface area contributed by atoms with E-state index in [0.29, 0.717) is 16.3 Å². The lowest BCUT2D eigenvalue weighted by atomic mass is 10.2. The summed E-state index contributed by atoms with van der Waals surface area (Å²) in [6.07, 6.45) is 0. The number of hydrogen-bond acceptors (Lipinski definition) is 4. The molecule has 0 spiro atoms. The van der Waals surface area contributed by atoms with E-state index in [1.54, 1.807) is 32.2 Å². The summed E-state index contributed by atoms with van der Waals surface area (Å²) in [5, 5.41) is 7.27. The number of hydrogen-bond donors (Lipinski definition) is 2. The first-order chi connectivity index (χ1) is 10.5. The minimum Gasteiger partial charge on any atom is -0.495 e. The zero-order valence-electron chi connectivity index (χ0n) is 12.7. The third kappa shape index (κ3) is 3.85. The molecule has 1 aromatic heterocycles. The minimum atomic E-state index is -0.653. The standard InChI is InChI=1S/C16H18N2O3S/c1-10-6-7-13(21-3)12(9-10)18-15(19)11(2)17-16(20)14-5-4-8-22-14/h4-9,11H,1-3H3,(H,17,20)(H,18,19)/t11-/m0/s1. The maximum Gasteiger partial charge on any atom is 0.261 e. The van der Waals surface area contributed by atoms with Crippen LogP contribution in [0.25, 0.3) is 0 Å². The van der Waals surface area contributed by atoms with Crippen LogP contribution in [-0.4, -0.2) is 25.0 Å². The van der Waals surface area contributed by atoms with Crippen LogP contribution in [0.3, 0.4) is 0 Å². The molecule has 0 saturated carbocycles. The predicted octanol–water partition coefficient (Wildman–Crippen LogP) is 2.82. The summed E-state index contributed by atoms with van der Waals surface area (Å²) in [5.74, 6) is 0.0263. The fourth-order valence-electron chi connectivity index (χ4n) is 1.90. The average Bonchev–Trinajstić information content (AvgIpc) is 3.01. The molecule has 0 aliphatic carbocycles. The van der Waals surface area contributed by atoms with Crippen molar-refractivity contribution in [2.75, 3.05) is 12.4 Å². The van der Waals surface area contributed by atoms with Gasteiger partial charge in [-0.05, 0) is 43.0 Å². The van der Waals surface area contributed by atoms with Crippen molar-refractivity contribution in [3.05, 3.63) is 46.2 Å². The second kappa shape index (κ2) is 7.09. The van der Waals surface area contributed by atoms with Crippen molar-refractivity contribution in [2.24, 2.45) is 0 Å². The molecule has 116 valence electrons. The van der Waals surface area contributed by atoms with Crippen molar-refractivity contribution in [1.29, 1.82) is 0 Å². The molecule has 0 fully saturated rings. The Labute approximate surface area is 133 Å². The second-order valence-corrected chi connectivity index (χ2v) is 5.81. The summed E-state index contributed by atoms with van der Waals surface area (Å²) >= 11 is 1.33. The Morgan fingerprint density at radius 2 is 2.05 bits per heavy atom. The fraction of sp³-hybridized carbons (Fsp3) is 0.250. The van der Waals surface area contributed by atoms with Crippen LogP contribution >= 0.6 is 11.3 Å². The maximum atomic E-state index is 12.2. The SMILES string of the molecule is COc1ccc(C)cc1NC(=O)[C@H](C)NC(=O)c1cccs1. The largest absolute Gasteiger partial charge is 0.495 e. The zero-order chi connectivity index (χ0) is 16.1. The molecule has 2 amide bonds. The van der Waals surface area contributed by atoms with Gasteiger partial charge in [-0.1, -0.05) is 12.1 Å². The molecule has 1 heterocycles. The lowest BCUT2D eigenvalue weighted by molar-refractivity contribution is -0.117.